The lowest BCUT2D eigenvalue weighted by Gasteiger charge is -2.22. The van der Waals surface area contributed by atoms with Crippen molar-refractivity contribution in [3.63, 3.8) is 0 Å². The smallest absolute Gasteiger partial charge is 0.245 e. The van der Waals surface area contributed by atoms with Crippen molar-refractivity contribution in [3.8, 4) is 0 Å². The maximum Gasteiger partial charge on any atom is 0.245 e. The lowest BCUT2D eigenvalue weighted by Crippen LogP contribution is -2.37. The Bertz CT molecular complexity index is 869. The fourth-order valence-corrected chi connectivity index (χ4v) is 3.25. The van der Waals surface area contributed by atoms with Gasteiger partial charge in [-0.25, -0.2) is 8.42 Å². The molecule has 0 saturated heterocycles. The summed E-state index contributed by atoms with van der Waals surface area (Å²) in [5, 5.41) is 3.53. The summed E-state index contributed by atoms with van der Waals surface area (Å²) in [6.45, 7) is 1.48. The number of benzene rings is 2. The molecule has 0 fully saturated rings. The molecular weight excluding hydrogens is 371 g/mol. The van der Waals surface area contributed by atoms with E-state index in [1.165, 1.54) is 6.07 Å². The van der Waals surface area contributed by atoms with E-state index in [0.717, 1.165) is 16.1 Å². The van der Waals surface area contributed by atoms with Gasteiger partial charge in [0.15, 0.2) is 0 Å². The van der Waals surface area contributed by atoms with Crippen LogP contribution < -0.4 is 9.62 Å². The van der Waals surface area contributed by atoms with Crippen LogP contribution in [0.2, 0.25) is 10.0 Å². The maximum absolute atomic E-state index is 12.2. The molecule has 0 aliphatic rings. The maximum atomic E-state index is 12.2. The second kappa shape index (κ2) is 7.42. The Morgan fingerprint density at radius 2 is 1.88 bits per heavy atom. The van der Waals surface area contributed by atoms with Gasteiger partial charge in [0, 0.05) is 15.7 Å². The third-order valence-electron chi connectivity index (χ3n) is 3.24. The van der Waals surface area contributed by atoms with Gasteiger partial charge in [-0.1, -0.05) is 35.3 Å². The number of amides is 1. The van der Waals surface area contributed by atoms with Crippen LogP contribution >= 0.6 is 23.2 Å². The first-order valence-corrected chi connectivity index (χ1v) is 9.56. The molecule has 0 radical (unpaired) electrons. The average molecular weight is 387 g/mol. The summed E-state index contributed by atoms with van der Waals surface area (Å²) < 4.78 is 25.0. The summed E-state index contributed by atoms with van der Waals surface area (Å²) in [5.41, 5.74) is 1.70. The number of carbonyl (C=O) groups excluding carboxylic acids is 1. The van der Waals surface area contributed by atoms with Gasteiger partial charge in [0.25, 0.3) is 0 Å². The quantitative estimate of drug-likeness (QED) is 0.851. The van der Waals surface area contributed by atoms with E-state index in [0.29, 0.717) is 21.4 Å². The molecule has 1 amide bonds. The van der Waals surface area contributed by atoms with Crippen molar-refractivity contribution in [2.75, 3.05) is 22.4 Å². The fourth-order valence-electron chi connectivity index (χ4n) is 2.03. The zero-order valence-electron chi connectivity index (χ0n) is 13.1. The minimum absolute atomic E-state index is 0.321. The molecule has 0 atom stereocenters. The Morgan fingerprint density at radius 3 is 2.46 bits per heavy atom. The van der Waals surface area contributed by atoms with E-state index in [4.69, 9.17) is 23.2 Å². The van der Waals surface area contributed by atoms with E-state index >= 15 is 0 Å². The number of hydrogen-bond acceptors (Lipinski definition) is 3. The summed E-state index contributed by atoms with van der Waals surface area (Å²) in [4.78, 5) is 12.2. The Balaban J connectivity index is 2.20. The first-order chi connectivity index (χ1) is 11.2. The van der Waals surface area contributed by atoms with Crippen molar-refractivity contribution < 1.29 is 13.2 Å². The second-order valence-corrected chi connectivity index (χ2v) is 8.01. The van der Waals surface area contributed by atoms with Crippen LogP contribution in [0.1, 0.15) is 5.56 Å². The van der Waals surface area contributed by atoms with Crippen LogP contribution in [0.15, 0.2) is 42.5 Å². The monoisotopic (exact) mass is 386 g/mol. The second-order valence-electron chi connectivity index (χ2n) is 5.26. The fraction of sp³-hybridized carbons (Fsp3) is 0.188. The van der Waals surface area contributed by atoms with E-state index in [-0.39, 0.29) is 6.54 Å². The predicted molar refractivity (Wildman–Crippen MR) is 98.5 cm³/mol. The predicted octanol–water partition coefficient (Wildman–Crippen LogP) is 3.71. The molecule has 0 saturated carbocycles. The number of anilines is 2. The molecule has 0 unspecified atom stereocenters. The van der Waals surface area contributed by atoms with Crippen molar-refractivity contribution in [3.05, 3.63) is 58.1 Å². The number of halogens is 2. The summed E-state index contributed by atoms with van der Waals surface area (Å²) in [7, 11) is -3.65. The number of hydrogen-bond donors (Lipinski definition) is 1. The Hall–Kier alpha value is -1.76. The molecule has 8 heteroatoms. The van der Waals surface area contributed by atoms with Gasteiger partial charge in [-0.15, -0.1) is 0 Å². The normalized spacial score (nSPS) is 11.2. The molecule has 0 heterocycles. The molecule has 2 aromatic carbocycles. The van der Waals surface area contributed by atoms with Crippen molar-refractivity contribution in [2.45, 2.75) is 6.92 Å². The van der Waals surface area contributed by atoms with Crippen LogP contribution in [0, 0.1) is 6.92 Å². The highest BCUT2D eigenvalue weighted by Gasteiger charge is 2.21. The highest BCUT2D eigenvalue weighted by Crippen LogP contribution is 2.23. The zero-order chi connectivity index (χ0) is 17.9. The van der Waals surface area contributed by atoms with Crippen LogP contribution in [-0.2, 0) is 14.8 Å². The number of nitrogens with one attached hydrogen (secondary N) is 1. The molecule has 5 nitrogen and oxygen atoms in total. The summed E-state index contributed by atoms with van der Waals surface area (Å²) in [6, 6.07) is 11.4. The molecule has 2 aromatic rings. The highest BCUT2D eigenvalue weighted by atomic mass is 35.5. The lowest BCUT2D eigenvalue weighted by atomic mass is 10.2. The van der Waals surface area contributed by atoms with Gasteiger partial charge in [0.1, 0.15) is 6.54 Å². The molecule has 2 rings (SSSR count). The Kier molecular flexibility index (Phi) is 5.74. The molecule has 0 bridgehead atoms. The van der Waals surface area contributed by atoms with Crippen LogP contribution in [-0.4, -0.2) is 27.1 Å². The summed E-state index contributed by atoms with van der Waals surface area (Å²) in [6.07, 6.45) is 1.03. The third kappa shape index (κ3) is 4.87. The molecular formula is C16H16Cl2N2O3S. The zero-order valence-corrected chi connectivity index (χ0v) is 15.4. The van der Waals surface area contributed by atoms with Crippen molar-refractivity contribution >= 4 is 50.5 Å². The molecule has 24 heavy (non-hydrogen) atoms. The third-order valence-corrected chi connectivity index (χ3v) is 5.02. The number of rotatable bonds is 5. The van der Waals surface area contributed by atoms with Crippen LogP contribution in [0.4, 0.5) is 11.4 Å². The van der Waals surface area contributed by atoms with Crippen LogP contribution in [0.5, 0.6) is 0 Å². The number of nitrogens with zero attached hydrogens (tertiary/aromatic N) is 1. The topological polar surface area (TPSA) is 66.5 Å². The van der Waals surface area contributed by atoms with Gasteiger partial charge in [0.05, 0.1) is 11.9 Å². The van der Waals surface area contributed by atoms with Crippen LogP contribution in [0.25, 0.3) is 0 Å². The van der Waals surface area contributed by atoms with E-state index in [2.05, 4.69) is 5.32 Å². The number of carbonyl (C=O) groups is 1. The molecule has 0 aliphatic heterocycles. The van der Waals surface area contributed by atoms with Gasteiger partial charge < -0.3 is 5.32 Å². The Labute approximate surface area is 151 Å². The first-order valence-electron chi connectivity index (χ1n) is 6.96. The lowest BCUT2D eigenvalue weighted by molar-refractivity contribution is -0.114. The van der Waals surface area contributed by atoms with E-state index in [1.807, 2.05) is 6.92 Å². The number of aryl methyl sites for hydroxylation is 1. The molecule has 1 N–H and O–H groups in total. The van der Waals surface area contributed by atoms with Gasteiger partial charge in [-0.2, -0.15) is 0 Å². The molecule has 128 valence electrons. The van der Waals surface area contributed by atoms with Gasteiger partial charge in [-0.3, -0.25) is 9.10 Å². The Morgan fingerprint density at radius 1 is 1.17 bits per heavy atom. The van der Waals surface area contributed by atoms with Crippen molar-refractivity contribution in [1.29, 1.82) is 0 Å². The minimum Gasteiger partial charge on any atom is -0.324 e. The van der Waals surface area contributed by atoms with Gasteiger partial charge >= 0.3 is 0 Å². The van der Waals surface area contributed by atoms with Gasteiger partial charge in [0.2, 0.25) is 15.9 Å². The molecule has 0 spiro atoms. The molecule has 0 aromatic heterocycles. The largest absolute Gasteiger partial charge is 0.324 e. The first kappa shape index (κ1) is 18.6. The minimum atomic E-state index is -3.65. The average Bonchev–Trinajstić information content (AvgIpc) is 2.47. The SMILES string of the molecule is Cc1ccc(NC(=O)CN(c2cccc(Cl)c2)S(C)(=O)=O)cc1Cl. The van der Waals surface area contributed by atoms with E-state index in [1.54, 1.807) is 36.4 Å². The van der Waals surface area contributed by atoms with Crippen LogP contribution in [0.3, 0.4) is 0 Å². The molecule has 0 aliphatic carbocycles. The van der Waals surface area contributed by atoms with E-state index < -0.39 is 15.9 Å². The highest BCUT2D eigenvalue weighted by molar-refractivity contribution is 7.92. The number of sulfonamides is 1. The van der Waals surface area contributed by atoms with E-state index in [9.17, 15) is 13.2 Å². The van der Waals surface area contributed by atoms with Gasteiger partial charge in [-0.05, 0) is 42.8 Å². The van der Waals surface area contributed by atoms with Crippen molar-refractivity contribution in [2.24, 2.45) is 0 Å². The standard InChI is InChI=1S/C16H16Cl2N2O3S/c1-11-6-7-13(9-15(11)18)19-16(21)10-20(24(2,22)23)14-5-3-4-12(17)8-14/h3-9H,10H2,1-2H3,(H,19,21). The summed E-state index contributed by atoms with van der Waals surface area (Å²) >= 11 is 11.9. The van der Waals surface area contributed by atoms with Crippen molar-refractivity contribution in [1.82, 2.24) is 0 Å². The summed E-state index contributed by atoms with van der Waals surface area (Å²) in [5.74, 6) is -0.486.